The van der Waals surface area contributed by atoms with Gasteiger partial charge in [0.25, 0.3) is 0 Å². The van der Waals surface area contributed by atoms with Crippen LogP contribution >= 0.6 is 28.3 Å². The molecule has 0 atom stereocenters. The Morgan fingerprint density at radius 1 is 1.35 bits per heavy atom. The van der Waals surface area contributed by atoms with Crippen molar-refractivity contribution in [1.29, 1.82) is 5.41 Å². The van der Waals surface area contributed by atoms with Crippen molar-refractivity contribution >= 4 is 34.1 Å². The Balaban J connectivity index is 0.00000200. The maximum Gasteiger partial charge on any atom is 0.200 e. The van der Waals surface area contributed by atoms with E-state index < -0.39 is 0 Å². The monoisotopic (exact) mass is 355 g/mol. The Kier molecular flexibility index (Phi) is 5.83. The molecule has 20 heavy (non-hydrogen) atoms. The highest BCUT2D eigenvalue weighted by molar-refractivity contribution is 8.93. The molecule has 2 aromatic rings. The molecule has 0 aliphatic carbocycles. The van der Waals surface area contributed by atoms with Crippen molar-refractivity contribution in [2.75, 3.05) is 0 Å². The predicted octanol–water partition coefficient (Wildman–Crippen LogP) is 3.32. The quantitative estimate of drug-likeness (QED) is 0.855. The molecule has 0 saturated carbocycles. The van der Waals surface area contributed by atoms with Gasteiger partial charge in [0.05, 0.1) is 0 Å². The smallest absolute Gasteiger partial charge is 0.200 e. The Labute approximate surface area is 132 Å². The molecule has 1 heterocycles. The standard InChI is InChI=1S/C14H17N3OS.BrH/c1-9(2)13-16-17(14(15)19-13)8-12(18)11-6-4-10(3)5-7-11;/h4-7,9,15H,8H2,1-3H3;1H. The highest BCUT2D eigenvalue weighted by Crippen LogP contribution is 2.13. The van der Waals surface area contributed by atoms with E-state index in [0.717, 1.165) is 10.6 Å². The highest BCUT2D eigenvalue weighted by Gasteiger charge is 2.12. The van der Waals surface area contributed by atoms with Gasteiger partial charge in [-0.25, -0.2) is 4.68 Å². The van der Waals surface area contributed by atoms with Gasteiger partial charge in [-0.1, -0.05) is 55.0 Å². The molecule has 0 amide bonds. The van der Waals surface area contributed by atoms with Gasteiger partial charge in [0.2, 0.25) is 4.80 Å². The molecule has 0 spiro atoms. The van der Waals surface area contributed by atoms with Crippen LogP contribution in [0.25, 0.3) is 0 Å². The van der Waals surface area contributed by atoms with Crippen molar-refractivity contribution < 1.29 is 4.79 Å². The van der Waals surface area contributed by atoms with Crippen LogP contribution < -0.4 is 4.80 Å². The van der Waals surface area contributed by atoms with Crippen LogP contribution in [0.3, 0.4) is 0 Å². The van der Waals surface area contributed by atoms with Crippen molar-refractivity contribution in [3.8, 4) is 0 Å². The second-order valence-electron chi connectivity index (χ2n) is 4.85. The van der Waals surface area contributed by atoms with Gasteiger partial charge in [-0.05, 0) is 6.92 Å². The summed E-state index contributed by atoms with van der Waals surface area (Å²) in [5, 5.41) is 13.1. The van der Waals surface area contributed by atoms with Crippen LogP contribution in [0, 0.1) is 12.3 Å². The van der Waals surface area contributed by atoms with Gasteiger partial charge in [-0.3, -0.25) is 10.2 Å². The lowest BCUT2D eigenvalue weighted by Gasteiger charge is -2.02. The first-order valence-electron chi connectivity index (χ1n) is 6.19. The SMILES string of the molecule is Br.Cc1ccc(C(=O)Cn2nc(C(C)C)sc2=N)cc1. The summed E-state index contributed by atoms with van der Waals surface area (Å²) in [5.41, 5.74) is 1.79. The van der Waals surface area contributed by atoms with E-state index in [0.29, 0.717) is 10.4 Å². The fraction of sp³-hybridized carbons (Fsp3) is 0.357. The molecule has 6 heteroatoms. The van der Waals surface area contributed by atoms with Crippen molar-refractivity contribution in [2.45, 2.75) is 33.2 Å². The zero-order valence-electron chi connectivity index (χ0n) is 11.7. The molecule has 0 bridgehead atoms. The molecule has 0 fully saturated rings. The van der Waals surface area contributed by atoms with E-state index in [1.807, 2.05) is 45.0 Å². The third-order valence-corrected chi connectivity index (χ3v) is 3.98. The Morgan fingerprint density at radius 2 is 1.95 bits per heavy atom. The van der Waals surface area contributed by atoms with Crippen LogP contribution in [0.2, 0.25) is 0 Å². The number of Topliss-reactive ketones (excluding diaryl/α,β-unsaturated/α-hetero) is 1. The first-order chi connectivity index (χ1) is 8.97. The number of benzene rings is 1. The summed E-state index contributed by atoms with van der Waals surface area (Å²) < 4.78 is 1.47. The molecule has 1 aromatic carbocycles. The number of hydrogen-bond acceptors (Lipinski definition) is 4. The fourth-order valence-corrected chi connectivity index (χ4v) is 2.43. The van der Waals surface area contributed by atoms with Gasteiger partial charge < -0.3 is 0 Å². The molecule has 2 rings (SSSR count). The van der Waals surface area contributed by atoms with Crippen LogP contribution in [-0.4, -0.2) is 15.6 Å². The Hall–Kier alpha value is -1.27. The fourth-order valence-electron chi connectivity index (χ4n) is 1.64. The largest absolute Gasteiger partial charge is 0.292 e. The van der Waals surface area contributed by atoms with E-state index in [9.17, 15) is 4.79 Å². The molecule has 1 aromatic heterocycles. The summed E-state index contributed by atoms with van der Waals surface area (Å²) in [6, 6.07) is 7.47. The molecule has 0 saturated heterocycles. The van der Waals surface area contributed by atoms with E-state index >= 15 is 0 Å². The predicted molar refractivity (Wildman–Crippen MR) is 85.9 cm³/mol. The first kappa shape index (κ1) is 16.8. The van der Waals surface area contributed by atoms with Crippen LogP contribution in [0.1, 0.15) is 40.7 Å². The first-order valence-corrected chi connectivity index (χ1v) is 7.01. The zero-order valence-corrected chi connectivity index (χ0v) is 14.2. The number of rotatable bonds is 4. The summed E-state index contributed by atoms with van der Waals surface area (Å²) in [7, 11) is 0. The molecule has 0 aliphatic rings. The van der Waals surface area contributed by atoms with Crippen molar-refractivity contribution in [1.82, 2.24) is 9.78 Å². The summed E-state index contributed by atoms with van der Waals surface area (Å²) in [6.07, 6.45) is 0. The van der Waals surface area contributed by atoms with E-state index in [2.05, 4.69) is 5.10 Å². The van der Waals surface area contributed by atoms with Crippen molar-refractivity contribution in [3.05, 3.63) is 45.2 Å². The number of carbonyl (C=O) groups is 1. The molecule has 0 aliphatic heterocycles. The summed E-state index contributed by atoms with van der Waals surface area (Å²) in [4.78, 5) is 12.4. The van der Waals surface area contributed by atoms with Crippen molar-refractivity contribution in [2.24, 2.45) is 0 Å². The van der Waals surface area contributed by atoms with Crippen LogP contribution in [0.15, 0.2) is 24.3 Å². The van der Waals surface area contributed by atoms with Crippen LogP contribution in [-0.2, 0) is 6.54 Å². The summed E-state index contributed by atoms with van der Waals surface area (Å²) in [6.45, 7) is 6.18. The summed E-state index contributed by atoms with van der Waals surface area (Å²) in [5.74, 6) is 0.268. The minimum absolute atomic E-state index is 0. The second-order valence-corrected chi connectivity index (χ2v) is 5.86. The molecule has 1 N–H and O–H groups in total. The number of nitrogens with one attached hydrogen (secondary N) is 1. The minimum Gasteiger partial charge on any atom is -0.292 e. The lowest BCUT2D eigenvalue weighted by atomic mass is 10.1. The summed E-state index contributed by atoms with van der Waals surface area (Å²) >= 11 is 1.33. The number of nitrogens with zero attached hydrogens (tertiary/aromatic N) is 2. The van der Waals surface area contributed by atoms with Crippen LogP contribution in [0.5, 0.6) is 0 Å². The maximum atomic E-state index is 12.1. The normalized spacial score (nSPS) is 10.4. The molecule has 108 valence electrons. The number of halogens is 1. The average molecular weight is 356 g/mol. The maximum absolute atomic E-state index is 12.1. The zero-order chi connectivity index (χ0) is 14.0. The van der Waals surface area contributed by atoms with Gasteiger partial charge in [0.1, 0.15) is 11.6 Å². The lowest BCUT2D eigenvalue weighted by molar-refractivity contribution is 0.0966. The minimum atomic E-state index is -0.0147. The molecule has 0 radical (unpaired) electrons. The topological polar surface area (TPSA) is 58.7 Å². The van der Waals surface area contributed by atoms with E-state index in [1.54, 1.807) is 0 Å². The van der Waals surface area contributed by atoms with E-state index in [4.69, 9.17) is 5.41 Å². The number of carbonyl (C=O) groups excluding carboxylic acids is 1. The molecule has 4 nitrogen and oxygen atoms in total. The number of aryl methyl sites for hydroxylation is 1. The number of ketones is 1. The third kappa shape index (κ3) is 3.86. The van der Waals surface area contributed by atoms with E-state index in [1.165, 1.54) is 16.0 Å². The van der Waals surface area contributed by atoms with E-state index in [-0.39, 0.29) is 35.2 Å². The lowest BCUT2D eigenvalue weighted by Crippen LogP contribution is -2.21. The second kappa shape index (κ2) is 6.95. The van der Waals surface area contributed by atoms with Gasteiger partial charge in [0, 0.05) is 11.5 Å². The van der Waals surface area contributed by atoms with Crippen LogP contribution in [0.4, 0.5) is 0 Å². The molecular weight excluding hydrogens is 338 g/mol. The van der Waals surface area contributed by atoms with Gasteiger partial charge >= 0.3 is 0 Å². The Bertz CT molecular complexity index is 643. The van der Waals surface area contributed by atoms with Gasteiger partial charge in [-0.2, -0.15) is 5.10 Å². The van der Waals surface area contributed by atoms with Gasteiger partial charge in [-0.15, -0.1) is 17.0 Å². The highest BCUT2D eigenvalue weighted by atomic mass is 79.9. The number of hydrogen-bond donors (Lipinski definition) is 1. The number of aromatic nitrogens is 2. The Morgan fingerprint density at radius 3 is 2.45 bits per heavy atom. The third-order valence-electron chi connectivity index (χ3n) is 2.82. The molecule has 0 unspecified atom stereocenters. The van der Waals surface area contributed by atoms with Gasteiger partial charge in [0.15, 0.2) is 5.78 Å². The van der Waals surface area contributed by atoms with Crippen molar-refractivity contribution in [3.63, 3.8) is 0 Å². The molecular formula is C14H18BrN3OS. The average Bonchev–Trinajstić information content (AvgIpc) is 2.72.